The van der Waals surface area contributed by atoms with E-state index < -0.39 is 29.0 Å². The molecule has 2 rings (SSSR count). The van der Waals surface area contributed by atoms with Crippen LogP contribution in [0.4, 0.5) is 20.0 Å². The van der Waals surface area contributed by atoms with Crippen molar-refractivity contribution in [3.05, 3.63) is 41.2 Å². The van der Waals surface area contributed by atoms with Crippen molar-refractivity contribution < 1.29 is 23.8 Å². The minimum absolute atomic E-state index is 0.136. The molecule has 0 unspecified atom stereocenters. The van der Waals surface area contributed by atoms with Crippen LogP contribution < -0.4 is 4.90 Å². The second-order valence-corrected chi connectivity index (χ2v) is 6.47. The summed E-state index contributed by atoms with van der Waals surface area (Å²) in [7, 11) is 0. The number of anilines is 2. The van der Waals surface area contributed by atoms with E-state index in [4.69, 9.17) is 9.84 Å². The van der Waals surface area contributed by atoms with Crippen LogP contribution in [0.5, 0.6) is 0 Å². The molecule has 0 saturated carbocycles. The number of thiazole rings is 1. The summed E-state index contributed by atoms with van der Waals surface area (Å²) in [6.07, 6.45) is 0.772. The molecular formula is C15H15FN2O4S. The number of hydrogen-bond acceptors (Lipinski definition) is 5. The second kappa shape index (κ2) is 6.33. The Bertz CT molecular complexity index is 726. The molecule has 6 nitrogen and oxygen atoms in total. The number of ether oxygens (including phenoxy) is 1. The Morgan fingerprint density at radius 2 is 2.04 bits per heavy atom. The third kappa shape index (κ3) is 4.04. The third-order valence-corrected chi connectivity index (χ3v) is 3.38. The number of carboxylic acids is 1. The minimum atomic E-state index is -1.38. The van der Waals surface area contributed by atoms with E-state index in [0.29, 0.717) is 5.13 Å². The van der Waals surface area contributed by atoms with E-state index in [0.717, 1.165) is 17.0 Å². The SMILES string of the molecule is CC(C)(C)OC(=O)N(c1ccc(C(=O)O)c(F)c1)c1nccs1. The van der Waals surface area contributed by atoms with Gasteiger partial charge in [0.2, 0.25) is 0 Å². The highest BCUT2D eigenvalue weighted by atomic mass is 32.1. The van der Waals surface area contributed by atoms with Crippen molar-refractivity contribution in [1.29, 1.82) is 0 Å². The van der Waals surface area contributed by atoms with Gasteiger partial charge in [-0.25, -0.2) is 23.9 Å². The first-order chi connectivity index (χ1) is 10.7. The molecule has 1 heterocycles. The molecule has 0 aliphatic carbocycles. The summed E-state index contributed by atoms with van der Waals surface area (Å²) in [6, 6.07) is 3.39. The van der Waals surface area contributed by atoms with E-state index >= 15 is 0 Å². The van der Waals surface area contributed by atoms with E-state index in [1.807, 2.05) is 0 Å². The van der Waals surface area contributed by atoms with E-state index in [-0.39, 0.29) is 5.69 Å². The maximum absolute atomic E-state index is 13.9. The van der Waals surface area contributed by atoms with Crippen LogP contribution in [0.3, 0.4) is 0 Å². The van der Waals surface area contributed by atoms with Crippen molar-refractivity contribution in [2.75, 3.05) is 4.90 Å². The highest BCUT2D eigenvalue weighted by molar-refractivity contribution is 7.13. The number of aromatic nitrogens is 1. The lowest BCUT2D eigenvalue weighted by Crippen LogP contribution is -2.33. The van der Waals surface area contributed by atoms with E-state index in [9.17, 15) is 14.0 Å². The topological polar surface area (TPSA) is 79.7 Å². The summed E-state index contributed by atoms with van der Waals surface area (Å²) < 4.78 is 19.2. The third-order valence-electron chi connectivity index (χ3n) is 2.63. The van der Waals surface area contributed by atoms with Gasteiger partial charge in [0.1, 0.15) is 11.4 Å². The van der Waals surface area contributed by atoms with Crippen LogP contribution in [-0.4, -0.2) is 27.8 Å². The molecule has 0 bridgehead atoms. The van der Waals surface area contributed by atoms with Gasteiger partial charge in [-0.1, -0.05) is 0 Å². The Hall–Kier alpha value is -2.48. The molecule has 1 N–H and O–H groups in total. The van der Waals surface area contributed by atoms with Crippen LogP contribution in [-0.2, 0) is 4.74 Å². The molecule has 1 amide bonds. The zero-order chi connectivity index (χ0) is 17.2. The highest BCUT2D eigenvalue weighted by Crippen LogP contribution is 2.30. The molecule has 0 saturated heterocycles. The van der Waals surface area contributed by atoms with Crippen LogP contribution in [0.25, 0.3) is 0 Å². The number of carbonyl (C=O) groups is 2. The first-order valence-electron chi connectivity index (χ1n) is 6.64. The molecule has 1 aromatic heterocycles. The van der Waals surface area contributed by atoms with Crippen LogP contribution >= 0.6 is 11.3 Å². The van der Waals surface area contributed by atoms with Gasteiger partial charge in [-0.05, 0) is 39.0 Å². The van der Waals surface area contributed by atoms with Crippen LogP contribution in [0.2, 0.25) is 0 Å². The number of carboxylic acid groups (broad SMARTS) is 1. The number of amides is 1. The summed E-state index contributed by atoms with van der Waals surface area (Å²) in [5, 5.41) is 10.8. The van der Waals surface area contributed by atoms with Gasteiger partial charge in [-0.15, -0.1) is 11.3 Å². The maximum Gasteiger partial charge on any atom is 0.421 e. The van der Waals surface area contributed by atoms with Gasteiger partial charge >= 0.3 is 12.1 Å². The van der Waals surface area contributed by atoms with Gasteiger partial charge in [0.05, 0.1) is 11.3 Å². The number of aromatic carboxylic acids is 1. The predicted molar refractivity (Wildman–Crippen MR) is 83.8 cm³/mol. The van der Waals surface area contributed by atoms with E-state index in [2.05, 4.69) is 4.98 Å². The molecule has 0 radical (unpaired) electrons. The average Bonchev–Trinajstić information content (AvgIpc) is 2.90. The number of carbonyl (C=O) groups excluding carboxylic acids is 1. The van der Waals surface area contributed by atoms with Crippen molar-refractivity contribution >= 4 is 34.2 Å². The van der Waals surface area contributed by atoms with Gasteiger partial charge in [-0.3, -0.25) is 0 Å². The summed E-state index contributed by atoms with van der Waals surface area (Å²) in [5.74, 6) is -2.33. The van der Waals surface area contributed by atoms with Crippen LogP contribution in [0, 0.1) is 5.82 Å². The monoisotopic (exact) mass is 338 g/mol. The molecule has 23 heavy (non-hydrogen) atoms. The Morgan fingerprint density at radius 3 is 2.52 bits per heavy atom. The number of benzene rings is 1. The normalized spacial score (nSPS) is 11.1. The first-order valence-corrected chi connectivity index (χ1v) is 7.52. The van der Waals surface area contributed by atoms with E-state index in [1.54, 1.807) is 26.2 Å². The fraction of sp³-hybridized carbons (Fsp3) is 0.267. The molecular weight excluding hydrogens is 323 g/mol. The number of rotatable bonds is 3. The van der Waals surface area contributed by atoms with Gasteiger partial charge < -0.3 is 9.84 Å². The fourth-order valence-corrected chi connectivity index (χ4v) is 2.39. The lowest BCUT2D eigenvalue weighted by molar-refractivity contribution is 0.0598. The van der Waals surface area contributed by atoms with Gasteiger partial charge in [-0.2, -0.15) is 0 Å². The Morgan fingerprint density at radius 1 is 1.35 bits per heavy atom. The quantitative estimate of drug-likeness (QED) is 0.913. The number of nitrogens with zero attached hydrogens (tertiary/aromatic N) is 2. The molecule has 122 valence electrons. The van der Waals surface area contributed by atoms with Crippen molar-refractivity contribution in [1.82, 2.24) is 4.98 Å². The van der Waals surface area contributed by atoms with Crippen molar-refractivity contribution in [2.45, 2.75) is 26.4 Å². The molecule has 0 spiro atoms. The maximum atomic E-state index is 13.9. The molecule has 0 atom stereocenters. The summed E-state index contributed by atoms with van der Waals surface area (Å²) in [6.45, 7) is 5.12. The summed E-state index contributed by atoms with van der Waals surface area (Å²) in [4.78, 5) is 28.5. The van der Waals surface area contributed by atoms with Gasteiger partial charge in [0, 0.05) is 11.6 Å². The van der Waals surface area contributed by atoms with E-state index in [1.165, 1.54) is 23.6 Å². The zero-order valence-corrected chi connectivity index (χ0v) is 13.6. The Kier molecular flexibility index (Phi) is 4.65. The minimum Gasteiger partial charge on any atom is -0.478 e. The van der Waals surface area contributed by atoms with Crippen molar-refractivity contribution in [3.8, 4) is 0 Å². The fourth-order valence-electron chi connectivity index (χ4n) is 1.74. The predicted octanol–water partition coefficient (Wildman–Crippen LogP) is 4.05. The molecule has 8 heteroatoms. The molecule has 0 aliphatic rings. The molecule has 1 aromatic carbocycles. The Labute approximate surface area is 136 Å². The lowest BCUT2D eigenvalue weighted by Gasteiger charge is -2.25. The van der Waals surface area contributed by atoms with Crippen molar-refractivity contribution in [3.63, 3.8) is 0 Å². The first kappa shape index (κ1) is 16.9. The average molecular weight is 338 g/mol. The van der Waals surface area contributed by atoms with Crippen LogP contribution in [0.15, 0.2) is 29.8 Å². The van der Waals surface area contributed by atoms with Gasteiger partial charge in [0.25, 0.3) is 0 Å². The summed E-state index contributed by atoms with van der Waals surface area (Å²) in [5.41, 5.74) is -1.08. The molecule has 2 aromatic rings. The smallest absolute Gasteiger partial charge is 0.421 e. The molecule has 0 aliphatic heterocycles. The lowest BCUT2D eigenvalue weighted by atomic mass is 10.2. The number of hydrogen-bond donors (Lipinski definition) is 1. The van der Waals surface area contributed by atoms with Gasteiger partial charge in [0.15, 0.2) is 5.13 Å². The highest BCUT2D eigenvalue weighted by Gasteiger charge is 2.27. The van der Waals surface area contributed by atoms with Crippen LogP contribution in [0.1, 0.15) is 31.1 Å². The second-order valence-electron chi connectivity index (χ2n) is 5.60. The number of halogens is 1. The largest absolute Gasteiger partial charge is 0.478 e. The standard InChI is InChI=1S/C15H15FN2O4S/c1-15(2,3)22-14(21)18(13-17-6-7-23-13)9-4-5-10(12(19)20)11(16)8-9/h4-8H,1-3H3,(H,19,20). The summed E-state index contributed by atoms with van der Waals surface area (Å²) >= 11 is 1.17. The zero-order valence-electron chi connectivity index (χ0n) is 12.7. The van der Waals surface area contributed by atoms with Crippen molar-refractivity contribution in [2.24, 2.45) is 0 Å². The Balaban J connectivity index is 2.45. The molecule has 0 fully saturated rings.